The zero-order valence-corrected chi connectivity index (χ0v) is 18.8. The second-order valence-electron chi connectivity index (χ2n) is 6.97. The number of nitrogens with one attached hydrogen (secondary N) is 2. The highest BCUT2D eigenvalue weighted by molar-refractivity contribution is 6.53. The molecule has 0 saturated heterocycles. The van der Waals surface area contributed by atoms with E-state index in [0.29, 0.717) is 33.4 Å². The molecule has 0 aromatic heterocycles. The standard InChI is InChI=1S/C24H17Cl2N3O4/c1-33-19-8-3-2-7-18(19)28-22(30)14-5-4-6-16(13-14)27-21-20(26)23(31)29(24(21)32)17-11-9-15(25)10-12-17/h2-13,27H,1H3,(H,28,30). The highest BCUT2D eigenvalue weighted by Crippen LogP contribution is 2.31. The average Bonchev–Trinajstić information content (AvgIpc) is 3.03. The molecule has 9 heteroatoms. The third-order valence-corrected chi connectivity index (χ3v) is 5.46. The van der Waals surface area contributed by atoms with E-state index in [2.05, 4.69) is 10.6 Å². The number of halogens is 2. The lowest BCUT2D eigenvalue weighted by Gasteiger charge is -2.15. The molecule has 3 amide bonds. The van der Waals surface area contributed by atoms with Gasteiger partial charge in [0.2, 0.25) is 0 Å². The van der Waals surface area contributed by atoms with Crippen LogP contribution in [0.5, 0.6) is 5.75 Å². The zero-order chi connectivity index (χ0) is 23.5. The van der Waals surface area contributed by atoms with Crippen molar-refractivity contribution in [3.05, 3.63) is 94.1 Å². The molecule has 0 spiro atoms. The summed E-state index contributed by atoms with van der Waals surface area (Å²) in [5, 5.41) is 5.87. The third-order valence-electron chi connectivity index (χ3n) is 4.86. The predicted molar refractivity (Wildman–Crippen MR) is 128 cm³/mol. The summed E-state index contributed by atoms with van der Waals surface area (Å²) in [7, 11) is 1.51. The minimum Gasteiger partial charge on any atom is -0.495 e. The van der Waals surface area contributed by atoms with Gasteiger partial charge in [-0.15, -0.1) is 0 Å². The molecular formula is C24H17Cl2N3O4. The lowest BCUT2D eigenvalue weighted by Crippen LogP contribution is -2.32. The maximum Gasteiger partial charge on any atom is 0.283 e. The van der Waals surface area contributed by atoms with E-state index in [1.54, 1.807) is 72.8 Å². The van der Waals surface area contributed by atoms with E-state index in [4.69, 9.17) is 27.9 Å². The molecule has 0 atom stereocenters. The van der Waals surface area contributed by atoms with Crippen molar-refractivity contribution in [3.8, 4) is 5.75 Å². The Balaban J connectivity index is 1.54. The van der Waals surface area contributed by atoms with Crippen molar-refractivity contribution in [2.45, 2.75) is 0 Å². The molecule has 0 unspecified atom stereocenters. The van der Waals surface area contributed by atoms with Gasteiger partial charge in [0.15, 0.2) is 0 Å². The van der Waals surface area contributed by atoms with E-state index in [-0.39, 0.29) is 16.6 Å². The van der Waals surface area contributed by atoms with Gasteiger partial charge in [0.1, 0.15) is 16.5 Å². The molecule has 0 fully saturated rings. The highest BCUT2D eigenvalue weighted by atomic mass is 35.5. The first-order chi connectivity index (χ1) is 15.9. The number of amides is 3. The quantitative estimate of drug-likeness (QED) is 0.481. The maximum atomic E-state index is 12.9. The molecular weight excluding hydrogens is 465 g/mol. The fraction of sp³-hybridized carbons (Fsp3) is 0.0417. The molecule has 0 bridgehead atoms. The van der Waals surface area contributed by atoms with Crippen LogP contribution in [-0.4, -0.2) is 24.8 Å². The summed E-state index contributed by atoms with van der Waals surface area (Å²) in [6.45, 7) is 0. The topological polar surface area (TPSA) is 87.7 Å². The van der Waals surface area contributed by atoms with Crippen LogP contribution in [0.2, 0.25) is 5.02 Å². The molecule has 1 aliphatic rings. The molecule has 166 valence electrons. The number of imide groups is 1. The number of para-hydroxylation sites is 2. The van der Waals surface area contributed by atoms with Gasteiger partial charge in [0.25, 0.3) is 17.7 Å². The fourth-order valence-corrected chi connectivity index (χ4v) is 3.60. The number of anilines is 3. The number of rotatable bonds is 6. The van der Waals surface area contributed by atoms with Gasteiger partial charge in [0, 0.05) is 16.3 Å². The Morgan fingerprint density at radius 2 is 1.64 bits per heavy atom. The van der Waals surface area contributed by atoms with Crippen molar-refractivity contribution in [2.75, 3.05) is 22.6 Å². The Morgan fingerprint density at radius 3 is 2.36 bits per heavy atom. The lowest BCUT2D eigenvalue weighted by molar-refractivity contribution is -0.120. The first kappa shape index (κ1) is 22.4. The third kappa shape index (κ3) is 4.55. The number of hydrogen-bond donors (Lipinski definition) is 2. The van der Waals surface area contributed by atoms with Crippen molar-refractivity contribution in [1.82, 2.24) is 0 Å². The predicted octanol–water partition coefficient (Wildman–Crippen LogP) is 5.04. The molecule has 33 heavy (non-hydrogen) atoms. The maximum absolute atomic E-state index is 12.9. The summed E-state index contributed by atoms with van der Waals surface area (Å²) in [5.74, 6) is -1.12. The second kappa shape index (κ2) is 9.36. The van der Waals surface area contributed by atoms with E-state index < -0.39 is 11.8 Å². The van der Waals surface area contributed by atoms with Gasteiger partial charge in [-0.25, -0.2) is 4.90 Å². The van der Waals surface area contributed by atoms with Crippen molar-refractivity contribution in [2.24, 2.45) is 0 Å². The van der Waals surface area contributed by atoms with Crippen LogP contribution in [0.3, 0.4) is 0 Å². The van der Waals surface area contributed by atoms with Gasteiger partial charge in [-0.1, -0.05) is 41.4 Å². The molecule has 0 aliphatic carbocycles. The second-order valence-corrected chi connectivity index (χ2v) is 7.79. The van der Waals surface area contributed by atoms with E-state index >= 15 is 0 Å². The Morgan fingerprint density at radius 1 is 0.909 bits per heavy atom. The molecule has 1 aliphatic heterocycles. The molecule has 2 N–H and O–H groups in total. The van der Waals surface area contributed by atoms with Crippen molar-refractivity contribution < 1.29 is 19.1 Å². The Labute approximate surface area is 199 Å². The van der Waals surface area contributed by atoms with E-state index in [9.17, 15) is 14.4 Å². The van der Waals surface area contributed by atoms with Crippen LogP contribution in [0.15, 0.2) is 83.5 Å². The molecule has 0 saturated carbocycles. The number of nitrogens with zero attached hydrogens (tertiary/aromatic N) is 1. The van der Waals surface area contributed by atoms with E-state index in [1.807, 2.05) is 0 Å². The summed E-state index contributed by atoms with van der Waals surface area (Å²) in [5.41, 5.74) is 1.52. The summed E-state index contributed by atoms with van der Waals surface area (Å²) < 4.78 is 5.25. The molecule has 1 heterocycles. The Kier molecular flexibility index (Phi) is 6.35. The molecule has 7 nitrogen and oxygen atoms in total. The van der Waals surface area contributed by atoms with Crippen molar-refractivity contribution in [1.29, 1.82) is 0 Å². The van der Waals surface area contributed by atoms with Gasteiger partial charge < -0.3 is 15.4 Å². The van der Waals surface area contributed by atoms with Gasteiger partial charge in [-0.2, -0.15) is 0 Å². The lowest BCUT2D eigenvalue weighted by atomic mass is 10.1. The van der Waals surface area contributed by atoms with E-state index in [1.165, 1.54) is 7.11 Å². The number of hydrogen-bond acceptors (Lipinski definition) is 5. The fourth-order valence-electron chi connectivity index (χ4n) is 3.26. The van der Waals surface area contributed by atoms with E-state index in [0.717, 1.165) is 4.90 Å². The van der Waals surface area contributed by atoms with Crippen LogP contribution < -0.4 is 20.3 Å². The first-order valence-electron chi connectivity index (χ1n) is 9.74. The minimum atomic E-state index is -0.656. The average molecular weight is 482 g/mol. The monoisotopic (exact) mass is 481 g/mol. The molecule has 0 radical (unpaired) electrons. The molecule has 3 aromatic carbocycles. The van der Waals surface area contributed by atoms with Crippen LogP contribution >= 0.6 is 23.2 Å². The van der Waals surface area contributed by atoms with Crippen LogP contribution in [0.4, 0.5) is 17.1 Å². The number of carbonyl (C=O) groups is 3. The summed E-state index contributed by atoms with van der Waals surface area (Å²) in [6.07, 6.45) is 0. The van der Waals surface area contributed by atoms with Crippen molar-refractivity contribution >= 4 is 58.0 Å². The molecule has 3 aromatic rings. The van der Waals surface area contributed by atoms with Crippen LogP contribution in [-0.2, 0) is 9.59 Å². The van der Waals surface area contributed by atoms with Crippen molar-refractivity contribution in [3.63, 3.8) is 0 Å². The van der Waals surface area contributed by atoms with Gasteiger partial charge >= 0.3 is 0 Å². The summed E-state index contributed by atoms with van der Waals surface area (Å²) >= 11 is 12.1. The molecule has 4 rings (SSSR count). The number of benzene rings is 3. The largest absolute Gasteiger partial charge is 0.495 e. The van der Waals surface area contributed by atoms with Crippen LogP contribution in [0, 0.1) is 0 Å². The summed E-state index contributed by atoms with van der Waals surface area (Å²) in [6, 6.07) is 19.7. The highest BCUT2D eigenvalue weighted by Gasteiger charge is 2.39. The van der Waals surface area contributed by atoms with Crippen LogP contribution in [0.1, 0.15) is 10.4 Å². The number of carbonyl (C=O) groups excluding carboxylic acids is 3. The first-order valence-corrected chi connectivity index (χ1v) is 10.5. The zero-order valence-electron chi connectivity index (χ0n) is 17.3. The smallest absolute Gasteiger partial charge is 0.283 e. The summed E-state index contributed by atoms with van der Waals surface area (Å²) in [4.78, 5) is 39.2. The van der Waals surface area contributed by atoms with Crippen LogP contribution in [0.25, 0.3) is 0 Å². The Hall–Kier alpha value is -3.81. The van der Waals surface area contributed by atoms with Gasteiger partial charge in [-0.05, 0) is 54.6 Å². The minimum absolute atomic E-state index is 0.0843. The normalized spacial score (nSPS) is 13.4. The number of methoxy groups -OCH3 is 1. The Bertz CT molecular complexity index is 1290. The van der Waals surface area contributed by atoms with Gasteiger partial charge in [0.05, 0.1) is 18.5 Å². The SMILES string of the molecule is COc1ccccc1NC(=O)c1cccc(NC2=C(Cl)C(=O)N(c3ccc(Cl)cc3)C2=O)c1. The van der Waals surface area contributed by atoms with Gasteiger partial charge in [-0.3, -0.25) is 14.4 Å². The number of ether oxygens (including phenoxy) is 1.